The molecule has 0 radical (unpaired) electrons. The van der Waals surface area contributed by atoms with Crippen molar-refractivity contribution in [3.8, 4) is 5.88 Å². The Bertz CT molecular complexity index is 1030. The zero-order valence-corrected chi connectivity index (χ0v) is 13.2. The number of para-hydroxylation sites is 1. The first-order valence-corrected chi connectivity index (χ1v) is 7.61. The number of aromatic amines is 1. The summed E-state index contributed by atoms with van der Waals surface area (Å²) in [6.07, 6.45) is 0.686. The number of nitrogens with zero attached hydrogens (tertiary/aromatic N) is 1. The third kappa shape index (κ3) is 1.95. The van der Waals surface area contributed by atoms with Gasteiger partial charge < -0.3 is 10.1 Å². The van der Waals surface area contributed by atoms with Gasteiger partial charge in [0.2, 0.25) is 5.78 Å². The molecule has 0 unspecified atom stereocenters. The number of carbonyl (C=O) groups excluding carboxylic acids is 2. The van der Waals surface area contributed by atoms with Crippen molar-refractivity contribution in [1.82, 2.24) is 4.98 Å². The second-order valence-corrected chi connectivity index (χ2v) is 6.05. The van der Waals surface area contributed by atoms with Crippen LogP contribution in [0.3, 0.4) is 0 Å². The number of rotatable bonds is 2. The van der Waals surface area contributed by atoms with Crippen LogP contribution in [0.25, 0.3) is 10.9 Å². The average molecular weight is 369 g/mol. The standard InChI is InChI=1S/C17H9BrN2O3/c18-11-3-1-2-9-13(17(23)20-14(9)11)15-16(22)10-6-8(7-21)4-5-12(10)19-15/h1-7,20,23H. The van der Waals surface area contributed by atoms with Crippen LogP contribution >= 0.6 is 15.9 Å². The van der Waals surface area contributed by atoms with E-state index in [0.717, 1.165) is 4.47 Å². The number of nitrogens with one attached hydrogen (secondary N) is 1. The SMILES string of the molecule is O=Cc1ccc2c(c1)C(=O)C(c1c(O)[nH]c3c(Br)cccc13)=N2. The predicted octanol–water partition coefficient (Wildman–Crippen LogP) is 3.77. The summed E-state index contributed by atoms with van der Waals surface area (Å²) in [7, 11) is 0. The van der Waals surface area contributed by atoms with Gasteiger partial charge in [-0.3, -0.25) is 9.59 Å². The fraction of sp³-hybridized carbons (Fsp3) is 0. The quantitative estimate of drug-likeness (QED) is 0.675. The van der Waals surface area contributed by atoms with Crippen LogP contribution in [-0.4, -0.2) is 27.9 Å². The number of aldehydes is 1. The second-order valence-electron chi connectivity index (χ2n) is 5.19. The molecule has 3 aromatic rings. The third-order valence-corrected chi connectivity index (χ3v) is 4.51. The molecule has 0 bridgehead atoms. The molecule has 23 heavy (non-hydrogen) atoms. The van der Waals surface area contributed by atoms with Crippen molar-refractivity contribution < 1.29 is 14.7 Å². The van der Waals surface area contributed by atoms with Crippen LogP contribution < -0.4 is 0 Å². The highest BCUT2D eigenvalue weighted by Crippen LogP contribution is 2.37. The van der Waals surface area contributed by atoms with Gasteiger partial charge in [0.05, 0.1) is 22.3 Å². The van der Waals surface area contributed by atoms with Gasteiger partial charge in [-0.05, 0) is 40.2 Å². The number of carbonyl (C=O) groups is 2. The molecule has 0 aliphatic carbocycles. The number of aliphatic imine (C=N–C) groups is 1. The molecular weight excluding hydrogens is 360 g/mol. The number of H-pyrrole nitrogens is 1. The first-order valence-electron chi connectivity index (χ1n) is 6.82. The fourth-order valence-electron chi connectivity index (χ4n) is 2.78. The van der Waals surface area contributed by atoms with E-state index < -0.39 is 0 Å². The normalized spacial score (nSPS) is 13.3. The highest BCUT2D eigenvalue weighted by molar-refractivity contribution is 9.10. The summed E-state index contributed by atoms with van der Waals surface area (Å²) in [5.41, 5.74) is 2.52. The van der Waals surface area contributed by atoms with E-state index in [4.69, 9.17) is 0 Å². The maximum absolute atomic E-state index is 12.7. The minimum atomic E-state index is -0.306. The summed E-state index contributed by atoms with van der Waals surface area (Å²) in [6, 6.07) is 10.2. The van der Waals surface area contributed by atoms with Crippen LogP contribution in [0, 0.1) is 0 Å². The molecule has 0 fully saturated rings. The summed E-state index contributed by atoms with van der Waals surface area (Å²) >= 11 is 3.41. The summed E-state index contributed by atoms with van der Waals surface area (Å²) < 4.78 is 0.781. The monoisotopic (exact) mass is 368 g/mol. The molecular formula is C17H9BrN2O3. The van der Waals surface area contributed by atoms with E-state index in [2.05, 4.69) is 25.9 Å². The Labute approximate surface area is 138 Å². The van der Waals surface area contributed by atoms with E-state index in [0.29, 0.717) is 39.6 Å². The molecule has 5 nitrogen and oxygen atoms in total. The van der Waals surface area contributed by atoms with Gasteiger partial charge in [0, 0.05) is 15.4 Å². The van der Waals surface area contributed by atoms with E-state index in [1.165, 1.54) is 6.07 Å². The van der Waals surface area contributed by atoms with E-state index >= 15 is 0 Å². The fourth-order valence-corrected chi connectivity index (χ4v) is 3.25. The lowest BCUT2D eigenvalue weighted by Gasteiger charge is -1.99. The Morgan fingerprint density at radius 3 is 2.83 bits per heavy atom. The van der Waals surface area contributed by atoms with Crippen LogP contribution in [0.1, 0.15) is 26.3 Å². The molecule has 0 atom stereocenters. The lowest BCUT2D eigenvalue weighted by atomic mass is 10.0. The van der Waals surface area contributed by atoms with E-state index in [9.17, 15) is 14.7 Å². The molecule has 2 N–H and O–H groups in total. The van der Waals surface area contributed by atoms with Crippen molar-refractivity contribution >= 4 is 50.3 Å². The molecule has 4 rings (SSSR count). The summed E-state index contributed by atoms with van der Waals surface area (Å²) in [4.78, 5) is 30.8. The molecule has 0 saturated carbocycles. The van der Waals surface area contributed by atoms with Gasteiger partial charge in [0.1, 0.15) is 12.0 Å². The van der Waals surface area contributed by atoms with Crippen molar-refractivity contribution in [2.24, 2.45) is 4.99 Å². The Kier molecular flexibility index (Phi) is 2.96. The Balaban J connectivity index is 1.94. The van der Waals surface area contributed by atoms with Crippen LogP contribution in [0.5, 0.6) is 5.88 Å². The van der Waals surface area contributed by atoms with Gasteiger partial charge in [-0.25, -0.2) is 4.99 Å². The maximum Gasteiger partial charge on any atom is 0.214 e. The molecule has 6 heteroatoms. The highest BCUT2D eigenvalue weighted by Gasteiger charge is 2.30. The Hall–Kier alpha value is -2.73. The highest BCUT2D eigenvalue weighted by atomic mass is 79.9. The number of hydrogen-bond donors (Lipinski definition) is 2. The molecule has 1 aromatic heterocycles. The van der Waals surface area contributed by atoms with Crippen LogP contribution in [0.4, 0.5) is 5.69 Å². The van der Waals surface area contributed by atoms with Crippen molar-refractivity contribution in [2.45, 2.75) is 0 Å². The first-order chi connectivity index (χ1) is 11.1. The van der Waals surface area contributed by atoms with E-state index in [-0.39, 0.29) is 17.4 Å². The van der Waals surface area contributed by atoms with Crippen molar-refractivity contribution in [1.29, 1.82) is 0 Å². The van der Waals surface area contributed by atoms with Crippen LogP contribution in [0.15, 0.2) is 45.9 Å². The van der Waals surface area contributed by atoms with Gasteiger partial charge in [-0.1, -0.05) is 12.1 Å². The lowest BCUT2D eigenvalue weighted by Crippen LogP contribution is -2.11. The minimum Gasteiger partial charge on any atom is -0.494 e. The summed E-state index contributed by atoms with van der Waals surface area (Å²) in [5, 5.41) is 11.0. The smallest absolute Gasteiger partial charge is 0.214 e. The maximum atomic E-state index is 12.7. The van der Waals surface area contributed by atoms with Crippen LogP contribution in [0.2, 0.25) is 0 Å². The zero-order chi connectivity index (χ0) is 16.1. The number of fused-ring (bicyclic) bond motifs is 2. The third-order valence-electron chi connectivity index (χ3n) is 3.85. The number of aromatic nitrogens is 1. The van der Waals surface area contributed by atoms with Gasteiger partial charge in [-0.2, -0.15) is 0 Å². The molecule has 2 aromatic carbocycles. The number of Topliss-reactive ketones (excluding diaryl/α,β-unsaturated/α-hetero) is 1. The van der Waals surface area contributed by atoms with Crippen molar-refractivity contribution in [3.05, 3.63) is 57.6 Å². The predicted molar refractivity (Wildman–Crippen MR) is 90.0 cm³/mol. The molecule has 0 amide bonds. The summed E-state index contributed by atoms with van der Waals surface area (Å²) in [6.45, 7) is 0. The number of benzene rings is 2. The number of halogens is 1. The number of aromatic hydroxyl groups is 1. The Morgan fingerprint density at radius 2 is 2.04 bits per heavy atom. The van der Waals surface area contributed by atoms with Gasteiger partial charge in [-0.15, -0.1) is 0 Å². The molecule has 1 aliphatic heterocycles. The van der Waals surface area contributed by atoms with E-state index in [1.807, 2.05) is 12.1 Å². The first kappa shape index (κ1) is 13.9. The summed E-state index contributed by atoms with van der Waals surface area (Å²) in [5.74, 6) is -0.415. The van der Waals surface area contributed by atoms with Crippen molar-refractivity contribution in [3.63, 3.8) is 0 Å². The van der Waals surface area contributed by atoms with Gasteiger partial charge in [0.25, 0.3) is 0 Å². The molecule has 112 valence electrons. The average Bonchev–Trinajstić information content (AvgIpc) is 3.05. The largest absolute Gasteiger partial charge is 0.494 e. The number of hydrogen-bond acceptors (Lipinski definition) is 4. The second kappa shape index (κ2) is 4.89. The number of ketones is 1. The van der Waals surface area contributed by atoms with Gasteiger partial charge in [0.15, 0.2) is 5.88 Å². The molecule has 0 saturated heterocycles. The van der Waals surface area contributed by atoms with Crippen molar-refractivity contribution in [2.75, 3.05) is 0 Å². The van der Waals surface area contributed by atoms with Gasteiger partial charge >= 0.3 is 0 Å². The zero-order valence-electron chi connectivity index (χ0n) is 11.6. The minimum absolute atomic E-state index is 0.109. The molecule has 1 aliphatic rings. The van der Waals surface area contributed by atoms with E-state index in [1.54, 1.807) is 18.2 Å². The molecule has 0 spiro atoms. The topological polar surface area (TPSA) is 82.5 Å². The van der Waals surface area contributed by atoms with Crippen LogP contribution in [-0.2, 0) is 0 Å². The lowest BCUT2D eigenvalue weighted by molar-refractivity contribution is 0.107. The Morgan fingerprint density at radius 1 is 1.22 bits per heavy atom. The molecule has 2 heterocycles.